The Bertz CT molecular complexity index is 1080. The maximum atomic E-state index is 14.4. The Kier molecular flexibility index (Phi) is 5.95. The normalized spacial score (nSPS) is 32.2. The highest BCUT2D eigenvalue weighted by Crippen LogP contribution is 2.56. The van der Waals surface area contributed by atoms with Crippen LogP contribution in [-0.2, 0) is 24.7 Å². The number of ether oxygens (including phenoxy) is 4. The molecule has 0 unspecified atom stereocenters. The predicted octanol–water partition coefficient (Wildman–Crippen LogP) is -1.46. The molecule has 5 N–H and O–H groups in total. The number of halogens is 1. The standard InChI is InChI=1S/C19H22FN3O9/c1-29-16(10-24)18(27,30-2)19(28,31-3)17(32-16,13(25)11-7-5-4-6-8-11)23-9-12(20)14(21)22-15(23)26/h4-9,24,27-28H,10H2,1-3H3,(H2,21,22,26)/t16-,17-,18+,19-/m1/s1. The monoisotopic (exact) mass is 455 g/mol. The zero-order chi connectivity index (χ0) is 23.9. The molecule has 1 fully saturated rings. The van der Waals surface area contributed by atoms with Crippen LogP contribution in [0.1, 0.15) is 10.4 Å². The van der Waals surface area contributed by atoms with Crippen LogP contribution in [0.3, 0.4) is 0 Å². The SMILES string of the molecule is CO[C@]1(CO)O[C@@](C(=O)c2ccccc2)(n2cc(F)c(N)nc2=O)[C@@](O)(OC)[C@@]1(O)OC. The molecule has 13 heteroatoms. The number of hydrogen-bond donors (Lipinski definition) is 4. The summed E-state index contributed by atoms with van der Waals surface area (Å²) in [4.78, 5) is 29.9. The molecule has 0 aliphatic carbocycles. The van der Waals surface area contributed by atoms with Crippen molar-refractivity contribution >= 4 is 11.6 Å². The van der Waals surface area contributed by atoms with Crippen LogP contribution in [0.25, 0.3) is 0 Å². The van der Waals surface area contributed by atoms with Gasteiger partial charge < -0.3 is 40.0 Å². The van der Waals surface area contributed by atoms with Crippen molar-refractivity contribution in [3.05, 3.63) is 58.4 Å². The van der Waals surface area contributed by atoms with Crippen molar-refractivity contribution in [1.29, 1.82) is 0 Å². The highest BCUT2D eigenvalue weighted by atomic mass is 19.1. The van der Waals surface area contributed by atoms with Gasteiger partial charge in [0.25, 0.3) is 23.1 Å². The Morgan fingerprint density at radius 2 is 1.75 bits per heavy atom. The Morgan fingerprint density at radius 1 is 1.16 bits per heavy atom. The van der Waals surface area contributed by atoms with Gasteiger partial charge in [-0.2, -0.15) is 4.98 Å². The van der Waals surface area contributed by atoms with Crippen LogP contribution in [-0.4, -0.2) is 76.0 Å². The van der Waals surface area contributed by atoms with Crippen molar-refractivity contribution < 1.29 is 43.5 Å². The fourth-order valence-electron chi connectivity index (χ4n) is 3.80. The summed E-state index contributed by atoms with van der Waals surface area (Å²) < 4.78 is 35.6. The molecule has 1 aliphatic rings. The number of nitrogens with zero attached hydrogens (tertiary/aromatic N) is 2. The quantitative estimate of drug-likeness (QED) is 0.283. The predicted molar refractivity (Wildman–Crippen MR) is 103 cm³/mol. The molecule has 1 aliphatic heterocycles. The van der Waals surface area contributed by atoms with Crippen LogP contribution in [0.5, 0.6) is 0 Å². The van der Waals surface area contributed by atoms with Crippen LogP contribution in [0.2, 0.25) is 0 Å². The number of aliphatic hydroxyl groups is 3. The molecule has 1 saturated heterocycles. The molecule has 174 valence electrons. The third kappa shape index (κ3) is 2.77. The second kappa shape index (κ2) is 7.97. The van der Waals surface area contributed by atoms with Crippen molar-refractivity contribution in [3.63, 3.8) is 0 Å². The lowest BCUT2D eigenvalue weighted by molar-refractivity contribution is -0.418. The number of aromatic nitrogens is 2. The second-order valence-electron chi connectivity index (χ2n) is 6.88. The number of anilines is 1. The molecule has 0 amide bonds. The van der Waals surface area contributed by atoms with Gasteiger partial charge in [-0.3, -0.25) is 9.36 Å². The summed E-state index contributed by atoms with van der Waals surface area (Å²) in [5, 5.41) is 33.0. The van der Waals surface area contributed by atoms with E-state index in [1.54, 1.807) is 6.07 Å². The van der Waals surface area contributed by atoms with E-state index in [-0.39, 0.29) is 10.1 Å². The van der Waals surface area contributed by atoms with Gasteiger partial charge in [-0.25, -0.2) is 9.18 Å². The Morgan fingerprint density at radius 3 is 2.25 bits per heavy atom. The summed E-state index contributed by atoms with van der Waals surface area (Å²) in [6, 6.07) is 7.10. The Hall–Kier alpha value is -2.78. The lowest BCUT2D eigenvalue weighted by Gasteiger charge is -2.43. The number of aliphatic hydroxyl groups excluding tert-OH is 1. The van der Waals surface area contributed by atoms with Crippen LogP contribution in [0.4, 0.5) is 10.2 Å². The van der Waals surface area contributed by atoms with Gasteiger partial charge in [0.15, 0.2) is 11.6 Å². The fraction of sp³-hybridized carbons (Fsp3) is 0.421. The average Bonchev–Trinajstić information content (AvgIpc) is 2.99. The maximum Gasteiger partial charge on any atom is 0.352 e. The topological polar surface area (TPSA) is 176 Å². The van der Waals surface area contributed by atoms with Gasteiger partial charge in [0, 0.05) is 26.9 Å². The summed E-state index contributed by atoms with van der Waals surface area (Å²) in [6.45, 7) is -1.21. The number of ketones is 1. The molecule has 2 heterocycles. The fourth-order valence-corrected chi connectivity index (χ4v) is 3.80. The molecular formula is C19H22FN3O9. The molecule has 32 heavy (non-hydrogen) atoms. The van der Waals surface area contributed by atoms with E-state index in [0.717, 1.165) is 21.3 Å². The first-order chi connectivity index (χ1) is 15.0. The van der Waals surface area contributed by atoms with Gasteiger partial charge in [0.05, 0.1) is 6.20 Å². The minimum atomic E-state index is -3.31. The molecule has 1 aromatic heterocycles. The number of carbonyl (C=O) groups is 1. The molecule has 2 aromatic rings. The molecule has 0 bridgehead atoms. The largest absolute Gasteiger partial charge is 0.391 e. The third-order valence-electron chi connectivity index (χ3n) is 5.47. The highest BCUT2D eigenvalue weighted by Gasteiger charge is 2.86. The minimum absolute atomic E-state index is 0.157. The first kappa shape index (κ1) is 23.9. The van der Waals surface area contributed by atoms with Gasteiger partial charge in [-0.15, -0.1) is 0 Å². The number of benzene rings is 1. The maximum absolute atomic E-state index is 14.4. The summed E-state index contributed by atoms with van der Waals surface area (Å²) in [6.07, 6.45) is 0.439. The smallest absolute Gasteiger partial charge is 0.352 e. The van der Waals surface area contributed by atoms with Crippen molar-refractivity contribution in [2.45, 2.75) is 23.1 Å². The number of nitrogen functional groups attached to an aromatic ring is 1. The lowest BCUT2D eigenvalue weighted by atomic mass is 9.86. The summed E-state index contributed by atoms with van der Waals surface area (Å²) in [5.41, 5.74) is 0.715. The molecule has 12 nitrogen and oxygen atoms in total. The number of methoxy groups -OCH3 is 3. The molecule has 1 aromatic carbocycles. The minimum Gasteiger partial charge on any atom is -0.391 e. The van der Waals surface area contributed by atoms with Crippen LogP contribution in [0, 0.1) is 5.82 Å². The summed E-state index contributed by atoms with van der Waals surface area (Å²) in [5.74, 6) is -12.4. The van der Waals surface area contributed by atoms with Crippen molar-refractivity contribution in [2.24, 2.45) is 0 Å². The number of carbonyl (C=O) groups excluding carboxylic acids is 1. The van der Waals surface area contributed by atoms with Gasteiger partial charge in [-0.1, -0.05) is 30.3 Å². The Balaban J connectivity index is 2.52. The average molecular weight is 455 g/mol. The van der Waals surface area contributed by atoms with Gasteiger partial charge in [0.1, 0.15) is 6.61 Å². The number of nitrogens with two attached hydrogens (primary N) is 1. The van der Waals surface area contributed by atoms with Crippen LogP contribution < -0.4 is 11.4 Å². The van der Waals surface area contributed by atoms with Crippen LogP contribution in [0.15, 0.2) is 41.3 Å². The van der Waals surface area contributed by atoms with E-state index in [1.807, 2.05) is 0 Å². The zero-order valence-electron chi connectivity index (χ0n) is 17.3. The molecular weight excluding hydrogens is 433 g/mol. The van der Waals surface area contributed by atoms with E-state index in [1.165, 1.54) is 24.3 Å². The lowest BCUT2D eigenvalue weighted by Crippen LogP contribution is -2.72. The highest BCUT2D eigenvalue weighted by molar-refractivity contribution is 6.02. The van der Waals surface area contributed by atoms with Gasteiger partial charge in [0.2, 0.25) is 5.78 Å². The summed E-state index contributed by atoms with van der Waals surface area (Å²) >= 11 is 0. The molecule has 0 radical (unpaired) electrons. The molecule has 3 rings (SSSR count). The second-order valence-corrected chi connectivity index (χ2v) is 6.88. The molecule has 0 spiro atoms. The number of rotatable bonds is 7. The zero-order valence-corrected chi connectivity index (χ0v) is 17.3. The van der Waals surface area contributed by atoms with E-state index < -0.39 is 52.8 Å². The van der Waals surface area contributed by atoms with Crippen LogP contribution >= 0.6 is 0 Å². The van der Waals surface area contributed by atoms with Gasteiger partial charge in [-0.05, 0) is 0 Å². The van der Waals surface area contributed by atoms with E-state index in [0.29, 0.717) is 6.20 Å². The first-order valence-corrected chi connectivity index (χ1v) is 9.10. The molecule has 4 atom stereocenters. The van der Waals surface area contributed by atoms with E-state index in [9.17, 15) is 29.3 Å². The van der Waals surface area contributed by atoms with E-state index in [4.69, 9.17) is 24.7 Å². The molecule has 0 saturated carbocycles. The van der Waals surface area contributed by atoms with Crippen molar-refractivity contribution in [2.75, 3.05) is 33.7 Å². The number of Topliss-reactive ketones (excluding diaryl/α,β-unsaturated/α-hetero) is 1. The van der Waals surface area contributed by atoms with Crippen molar-refractivity contribution in [1.82, 2.24) is 9.55 Å². The Labute approximate surface area is 180 Å². The van der Waals surface area contributed by atoms with E-state index >= 15 is 0 Å². The number of hydrogen-bond acceptors (Lipinski definition) is 11. The van der Waals surface area contributed by atoms with Crippen molar-refractivity contribution in [3.8, 4) is 0 Å². The third-order valence-corrected chi connectivity index (χ3v) is 5.47. The first-order valence-electron chi connectivity index (χ1n) is 9.10. The van der Waals surface area contributed by atoms with E-state index in [2.05, 4.69) is 4.98 Å². The van der Waals surface area contributed by atoms with Gasteiger partial charge >= 0.3 is 5.69 Å². The summed E-state index contributed by atoms with van der Waals surface area (Å²) in [7, 11) is 2.71.